The Balaban J connectivity index is 1.63. The number of aromatic nitrogens is 3. The number of carbonyl (C=O) groups is 1. The van der Waals surface area contributed by atoms with Crippen LogP contribution in [0.5, 0.6) is 0 Å². The molecule has 0 aliphatic heterocycles. The molecule has 1 saturated carbocycles. The van der Waals surface area contributed by atoms with Gasteiger partial charge in [-0.25, -0.2) is 0 Å². The molecule has 0 bridgehead atoms. The molecule has 0 spiro atoms. The number of pyridine rings is 1. The van der Waals surface area contributed by atoms with Gasteiger partial charge in [-0.05, 0) is 50.8 Å². The third-order valence-corrected chi connectivity index (χ3v) is 6.22. The third kappa shape index (κ3) is 3.95. The number of aryl methyl sites for hydroxylation is 1. The van der Waals surface area contributed by atoms with Gasteiger partial charge in [0.15, 0.2) is 5.69 Å². The first-order valence-electron chi connectivity index (χ1n) is 10.5. The predicted octanol–water partition coefficient (Wildman–Crippen LogP) is 3.02. The van der Waals surface area contributed by atoms with E-state index in [1.807, 2.05) is 55.9 Å². The molecule has 1 aromatic carbocycles. The summed E-state index contributed by atoms with van der Waals surface area (Å²) in [6.07, 6.45) is 3.76. The van der Waals surface area contributed by atoms with E-state index in [0.29, 0.717) is 16.1 Å². The molecule has 1 aliphatic rings. The van der Waals surface area contributed by atoms with Gasteiger partial charge in [0.2, 0.25) is 0 Å². The molecule has 2 heterocycles. The van der Waals surface area contributed by atoms with Crippen molar-refractivity contribution in [2.75, 3.05) is 24.3 Å². The van der Waals surface area contributed by atoms with Crippen LogP contribution in [0.2, 0.25) is 0 Å². The summed E-state index contributed by atoms with van der Waals surface area (Å²) < 4.78 is 2.60. The predicted molar refractivity (Wildman–Crippen MR) is 120 cm³/mol. The lowest BCUT2D eigenvalue weighted by atomic mass is 9.71. The quantitative estimate of drug-likeness (QED) is 0.486. The van der Waals surface area contributed by atoms with Crippen molar-refractivity contribution in [1.82, 2.24) is 9.78 Å². The minimum atomic E-state index is -0.674. The molecule has 0 atom stereocenters. The van der Waals surface area contributed by atoms with Crippen LogP contribution in [0.3, 0.4) is 0 Å². The first-order chi connectivity index (χ1) is 14.5. The maximum absolute atomic E-state index is 12.8. The van der Waals surface area contributed by atoms with Gasteiger partial charge >= 0.3 is 5.91 Å². The number of nitrogens with zero attached hydrogens (tertiary/aromatic N) is 4. The van der Waals surface area contributed by atoms with Gasteiger partial charge in [0, 0.05) is 44.7 Å². The fraction of sp³-hybridized carbons (Fsp3) is 0.435. The molecule has 1 aliphatic carbocycles. The molecular weight excluding hydrogens is 394 g/mol. The van der Waals surface area contributed by atoms with E-state index in [9.17, 15) is 15.1 Å². The molecule has 3 aromatic rings. The minimum absolute atomic E-state index is 0.0487. The molecule has 2 aromatic heterocycles. The molecule has 0 unspecified atom stereocenters. The Bertz CT molecular complexity index is 1140. The van der Waals surface area contributed by atoms with E-state index in [4.69, 9.17) is 5.10 Å². The Kier molecular flexibility index (Phi) is 5.13. The van der Waals surface area contributed by atoms with Crippen LogP contribution in [-0.2, 0) is 0 Å². The fourth-order valence-corrected chi connectivity index (χ4v) is 4.08. The summed E-state index contributed by atoms with van der Waals surface area (Å²) in [6, 6.07) is 8.96. The Hall–Kier alpha value is -3.13. The SMILES string of the molecule is Cc1cccc(C(=O)Nc2cc3cn(C4CC(C(C)(C)O)C4)nc3cc2N(C)C)[n+]1[O-]. The Morgan fingerprint density at radius 2 is 2.03 bits per heavy atom. The van der Waals surface area contributed by atoms with Crippen molar-refractivity contribution in [2.24, 2.45) is 5.92 Å². The van der Waals surface area contributed by atoms with Crippen molar-refractivity contribution < 1.29 is 14.6 Å². The van der Waals surface area contributed by atoms with Gasteiger partial charge in [0.05, 0.1) is 28.5 Å². The maximum Gasteiger partial charge on any atom is 0.321 e. The Morgan fingerprint density at radius 3 is 2.68 bits per heavy atom. The summed E-state index contributed by atoms with van der Waals surface area (Å²) in [6.45, 7) is 5.37. The van der Waals surface area contributed by atoms with E-state index < -0.39 is 11.5 Å². The summed E-state index contributed by atoms with van der Waals surface area (Å²) in [7, 11) is 3.79. The summed E-state index contributed by atoms with van der Waals surface area (Å²) in [5.74, 6) is -0.189. The smallest absolute Gasteiger partial charge is 0.321 e. The number of hydrogen-bond donors (Lipinski definition) is 2. The van der Waals surface area contributed by atoms with E-state index in [1.165, 1.54) is 6.07 Å². The zero-order valence-electron chi connectivity index (χ0n) is 18.6. The second kappa shape index (κ2) is 7.53. The molecule has 164 valence electrons. The maximum atomic E-state index is 12.8. The number of nitrogens with one attached hydrogen (secondary N) is 1. The number of carbonyl (C=O) groups excluding carboxylic acids is 1. The van der Waals surface area contributed by atoms with Crippen molar-refractivity contribution in [3.05, 3.63) is 53.1 Å². The van der Waals surface area contributed by atoms with Crippen LogP contribution >= 0.6 is 0 Å². The van der Waals surface area contributed by atoms with Gasteiger partial charge < -0.3 is 20.5 Å². The van der Waals surface area contributed by atoms with Gasteiger partial charge in [-0.3, -0.25) is 9.48 Å². The van der Waals surface area contributed by atoms with E-state index in [0.717, 1.165) is 29.4 Å². The van der Waals surface area contributed by atoms with Crippen LogP contribution in [0.25, 0.3) is 10.9 Å². The van der Waals surface area contributed by atoms with Gasteiger partial charge in [-0.1, -0.05) is 0 Å². The van der Waals surface area contributed by atoms with Crippen LogP contribution in [-0.4, -0.2) is 40.5 Å². The lowest BCUT2D eigenvalue weighted by Crippen LogP contribution is -2.41. The summed E-state index contributed by atoms with van der Waals surface area (Å²) in [5, 5.41) is 31.0. The fourth-order valence-electron chi connectivity index (χ4n) is 4.08. The highest BCUT2D eigenvalue weighted by molar-refractivity contribution is 6.05. The van der Waals surface area contributed by atoms with Crippen LogP contribution in [0.1, 0.15) is 48.9 Å². The van der Waals surface area contributed by atoms with E-state index in [1.54, 1.807) is 19.1 Å². The molecule has 8 heteroatoms. The molecule has 2 N–H and O–H groups in total. The Labute approximate surface area is 181 Å². The van der Waals surface area contributed by atoms with E-state index in [2.05, 4.69) is 5.32 Å². The van der Waals surface area contributed by atoms with Crippen molar-refractivity contribution in [2.45, 2.75) is 45.3 Å². The standard InChI is InChI=1S/C23H29N5O3/c1-14-7-6-8-20(28(14)31)22(29)24-19-9-15-13-27(17-10-16(11-17)23(2,3)30)25-18(15)12-21(19)26(4)5/h6-9,12-13,16-17,30H,10-11H2,1-5H3,(H,24,29). The molecule has 0 radical (unpaired) electrons. The molecule has 31 heavy (non-hydrogen) atoms. The second-order valence-corrected chi connectivity index (χ2v) is 9.21. The van der Waals surface area contributed by atoms with E-state index >= 15 is 0 Å². The average Bonchev–Trinajstić information content (AvgIpc) is 3.02. The number of hydrogen-bond acceptors (Lipinski definition) is 5. The number of aliphatic hydroxyl groups is 1. The van der Waals surface area contributed by atoms with Gasteiger partial charge in [-0.15, -0.1) is 0 Å². The summed E-state index contributed by atoms with van der Waals surface area (Å²) in [5.41, 5.74) is 2.09. The average molecular weight is 424 g/mol. The zero-order valence-corrected chi connectivity index (χ0v) is 18.6. The van der Waals surface area contributed by atoms with Crippen LogP contribution in [0, 0.1) is 18.0 Å². The first-order valence-corrected chi connectivity index (χ1v) is 10.5. The Morgan fingerprint density at radius 1 is 1.32 bits per heavy atom. The van der Waals surface area contributed by atoms with Gasteiger partial charge in [0.1, 0.15) is 0 Å². The van der Waals surface area contributed by atoms with Gasteiger partial charge in [-0.2, -0.15) is 9.83 Å². The zero-order chi connectivity index (χ0) is 22.5. The summed E-state index contributed by atoms with van der Waals surface area (Å²) in [4.78, 5) is 14.7. The topological polar surface area (TPSA) is 97.3 Å². The normalized spacial score (nSPS) is 18.6. The minimum Gasteiger partial charge on any atom is -0.618 e. The highest BCUT2D eigenvalue weighted by Gasteiger charge is 2.40. The molecule has 1 fully saturated rings. The van der Waals surface area contributed by atoms with Crippen LogP contribution < -0.4 is 14.9 Å². The highest BCUT2D eigenvalue weighted by Crippen LogP contribution is 2.44. The lowest BCUT2D eigenvalue weighted by Gasteiger charge is -2.42. The molecule has 4 rings (SSSR count). The number of fused-ring (bicyclic) bond motifs is 1. The van der Waals surface area contributed by atoms with Crippen molar-refractivity contribution in [1.29, 1.82) is 0 Å². The number of rotatable bonds is 5. The summed E-state index contributed by atoms with van der Waals surface area (Å²) >= 11 is 0. The largest absolute Gasteiger partial charge is 0.618 e. The molecule has 1 amide bonds. The number of benzene rings is 1. The van der Waals surface area contributed by atoms with Crippen molar-refractivity contribution >= 4 is 28.2 Å². The lowest BCUT2D eigenvalue weighted by molar-refractivity contribution is -0.614. The second-order valence-electron chi connectivity index (χ2n) is 9.21. The van der Waals surface area contributed by atoms with E-state index in [-0.39, 0.29) is 17.7 Å². The number of anilines is 2. The highest BCUT2D eigenvalue weighted by atomic mass is 16.5. The van der Waals surface area contributed by atoms with Crippen molar-refractivity contribution in [3.8, 4) is 0 Å². The van der Waals surface area contributed by atoms with Crippen LogP contribution in [0.4, 0.5) is 11.4 Å². The molecular formula is C23H29N5O3. The third-order valence-electron chi connectivity index (χ3n) is 6.22. The monoisotopic (exact) mass is 423 g/mol. The van der Waals surface area contributed by atoms with Gasteiger partial charge in [0.25, 0.3) is 5.69 Å². The van der Waals surface area contributed by atoms with Crippen molar-refractivity contribution in [3.63, 3.8) is 0 Å². The number of amides is 1. The van der Waals surface area contributed by atoms with Crippen LogP contribution in [0.15, 0.2) is 36.5 Å². The molecule has 0 saturated heterocycles. The first kappa shape index (κ1) is 21.1. The molecule has 8 nitrogen and oxygen atoms in total.